The molecule has 0 amide bonds. The van der Waals surface area contributed by atoms with Crippen LogP contribution in [0.3, 0.4) is 0 Å². The smallest absolute Gasteiger partial charge is 0.145 e. The van der Waals surface area contributed by atoms with Crippen molar-refractivity contribution in [3.05, 3.63) is 16.8 Å². The number of aromatic nitrogens is 4. The predicted molar refractivity (Wildman–Crippen MR) is 62.2 cm³/mol. The van der Waals surface area contributed by atoms with Gasteiger partial charge in [-0.1, -0.05) is 0 Å². The summed E-state index contributed by atoms with van der Waals surface area (Å²) < 4.78 is 0. The van der Waals surface area contributed by atoms with Crippen LogP contribution in [0.25, 0.3) is 10.7 Å². The largest absolute Gasteiger partial charge is 0.312 e. The number of H-pyrrole nitrogens is 1. The molecule has 84 valence electrons. The fourth-order valence-corrected chi connectivity index (χ4v) is 3.32. The van der Waals surface area contributed by atoms with Gasteiger partial charge in [0, 0.05) is 10.9 Å². The van der Waals surface area contributed by atoms with Crippen molar-refractivity contribution < 1.29 is 0 Å². The minimum atomic E-state index is 0.460. The second kappa shape index (κ2) is 3.95. The van der Waals surface area contributed by atoms with E-state index in [0.29, 0.717) is 6.04 Å². The zero-order chi connectivity index (χ0) is 11.0. The summed E-state index contributed by atoms with van der Waals surface area (Å²) in [6.07, 6.45) is 5.21. The highest BCUT2D eigenvalue weighted by Gasteiger charge is 2.24. The third-order valence-electron chi connectivity index (χ3n) is 2.93. The second-order valence-electron chi connectivity index (χ2n) is 3.92. The van der Waals surface area contributed by atoms with Crippen molar-refractivity contribution in [1.29, 1.82) is 0 Å². The summed E-state index contributed by atoms with van der Waals surface area (Å²) >= 11 is 1.73. The summed E-state index contributed by atoms with van der Waals surface area (Å²) in [7, 11) is 2.01. The van der Waals surface area contributed by atoms with Crippen molar-refractivity contribution in [2.45, 2.75) is 25.3 Å². The molecule has 0 saturated heterocycles. The highest BCUT2D eigenvalue weighted by molar-refractivity contribution is 7.15. The van der Waals surface area contributed by atoms with Gasteiger partial charge in [-0.3, -0.25) is 0 Å². The van der Waals surface area contributed by atoms with Crippen LogP contribution in [0, 0.1) is 0 Å². The molecule has 0 fully saturated rings. The Balaban J connectivity index is 2.02. The number of nitrogens with zero attached hydrogens (tertiary/aromatic N) is 3. The molecule has 1 aliphatic rings. The summed E-state index contributed by atoms with van der Waals surface area (Å²) in [5.41, 5.74) is 2.07. The number of hydrogen-bond acceptors (Lipinski definition) is 5. The minimum absolute atomic E-state index is 0.460. The quantitative estimate of drug-likeness (QED) is 0.828. The molecule has 0 radical (unpaired) electrons. The zero-order valence-corrected chi connectivity index (χ0v) is 9.84. The lowest BCUT2D eigenvalue weighted by Gasteiger charge is -2.19. The highest BCUT2D eigenvalue weighted by Crippen LogP contribution is 2.36. The molecule has 0 aliphatic heterocycles. The molecule has 5 nitrogen and oxygen atoms in total. The van der Waals surface area contributed by atoms with Gasteiger partial charge in [0.15, 0.2) is 0 Å². The molecule has 3 rings (SSSR count). The van der Waals surface area contributed by atoms with E-state index in [1.54, 1.807) is 17.5 Å². The molecule has 1 atom stereocenters. The molecular formula is C10H13N5S. The maximum atomic E-state index is 4.65. The van der Waals surface area contributed by atoms with Crippen LogP contribution < -0.4 is 5.32 Å². The van der Waals surface area contributed by atoms with Crippen molar-refractivity contribution in [1.82, 2.24) is 25.7 Å². The van der Waals surface area contributed by atoms with Crippen LogP contribution in [-0.2, 0) is 6.42 Å². The molecule has 0 aromatic carbocycles. The first-order chi connectivity index (χ1) is 7.88. The van der Waals surface area contributed by atoms with Gasteiger partial charge in [0.05, 0.1) is 11.9 Å². The molecule has 0 bridgehead atoms. The van der Waals surface area contributed by atoms with Crippen LogP contribution in [0.1, 0.15) is 29.5 Å². The zero-order valence-electron chi connectivity index (χ0n) is 9.03. The average Bonchev–Trinajstić information content (AvgIpc) is 2.96. The lowest BCUT2D eigenvalue weighted by atomic mass is 9.98. The van der Waals surface area contributed by atoms with Gasteiger partial charge in [-0.15, -0.1) is 11.3 Å². The Kier molecular flexibility index (Phi) is 2.45. The third-order valence-corrected chi connectivity index (χ3v) is 4.17. The Labute approximate surface area is 97.3 Å². The number of nitrogens with one attached hydrogen (secondary N) is 2. The summed E-state index contributed by atoms with van der Waals surface area (Å²) in [5, 5.41) is 14.8. The van der Waals surface area contributed by atoms with Crippen LogP contribution in [0.5, 0.6) is 0 Å². The highest BCUT2D eigenvalue weighted by atomic mass is 32.1. The van der Waals surface area contributed by atoms with Gasteiger partial charge >= 0.3 is 0 Å². The van der Waals surface area contributed by atoms with E-state index in [4.69, 9.17) is 0 Å². The number of hydrogen-bond donors (Lipinski definition) is 2. The van der Waals surface area contributed by atoms with E-state index in [-0.39, 0.29) is 0 Å². The van der Waals surface area contributed by atoms with Gasteiger partial charge in [0.1, 0.15) is 10.7 Å². The van der Waals surface area contributed by atoms with Gasteiger partial charge in [-0.05, 0) is 26.3 Å². The summed E-state index contributed by atoms with van der Waals surface area (Å²) in [4.78, 5) is 6.01. The van der Waals surface area contributed by atoms with Crippen molar-refractivity contribution in [2.75, 3.05) is 7.05 Å². The van der Waals surface area contributed by atoms with Crippen LogP contribution in [0.15, 0.2) is 6.20 Å². The van der Waals surface area contributed by atoms with Gasteiger partial charge in [-0.25, -0.2) is 4.98 Å². The van der Waals surface area contributed by atoms with Crippen LogP contribution >= 0.6 is 11.3 Å². The Morgan fingerprint density at radius 2 is 2.50 bits per heavy atom. The molecule has 1 aliphatic carbocycles. The minimum Gasteiger partial charge on any atom is -0.312 e. The first-order valence-electron chi connectivity index (χ1n) is 5.41. The van der Waals surface area contributed by atoms with Crippen molar-refractivity contribution in [3.8, 4) is 10.7 Å². The Morgan fingerprint density at radius 3 is 3.25 bits per heavy atom. The number of rotatable bonds is 2. The first kappa shape index (κ1) is 9.92. The average molecular weight is 235 g/mol. The molecule has 2 heterocycles. The van der Waals surface area contributed by atoms with Gasteiger partial charge in [0.2, 0.25) is 0 Å². The first-order valence-corrected chi connectivity index (χ1v) is 6.23. The van der Waals surface area contributed by atoms with E-state index in [0.717, 1.165) is 17.1 Å². The lowest BCUT2D eigenvalue weighted by Crippen LogP contribution is -2.19. The van der Waals surface area contributed by atoms with E-state index in [9.17, 15) is 0 Å². The topological polar surface area (TPSA) is 66.5 Å². The van der Waals surface area contributed by atoms with Gasteiger partial charge in [0.25, 0.3) is 0 Å². The number of aryl methyl sites for hydroxylation is 1. The molecular weight excluding hydrogens is 222 g/mol. The van der Waals surface area contributed by atoms with E-state index in [1.165, 1.54) is 23.4 Å². The van der Waals surface area contributed by atoms with Crippen LogP contribution in [0.4, 0.5) is 0 Å². The molecule has 2 aromatic rings. The van der Waals surface area contributed by atoms with E-state index >= 15 is 0 Å². The maximum Gasteiger partial charge on any atom is 0.145 e. The van der Waals surface area contributed by atoms with Crippen molar-refractivity contribution in [3.63, 3.8) is 0 Å². The fraction of sp³-hybridized carbons (Fsp3) is 0.500. The van der Waals surface area contributed by atoms with Crippen molar-refractivity contribution >= 4 is 11.3 Å². The monoisotopic (exact) mass is 235 g/mol. The lowest BCUT2D eigenvalue weighted by molar-refractivity contribution is 0.501. The Morgan fingerprint density at radius 1 is 1.56 bits per heavy atom. The fourth-order valence-electron chi connectivity index (χ4n) is 2.11. The molecule has 2 aromatic heterocycles. The molecule has 0 spiro atoms. The van der Waals surface area contributed by atoms with E-state index in [1.807, 2.05) is 7.05 Å². The molecule has 0 saturated carbocycles. The van der Waals surface area contributed by atoms with E-state index in [2.05, 4.69) is 25.7 Å². The molecule has 6 heteroatoms. The van der Waals surface area contributed by atoms with Gasteiger partial charge in [-0.2, -0.15) is 15.4 Å². The maximum absolute atomic E-state index is 4.65. The molecule has 1 unspecified atom stereocenters. The van der Waals surface area contributed by atoms with E-state index < -0.39 is 0 Å². The van der Waals surface area contributed by atoms with Crippen LogP contribution in [-0.4, -0.2) is 27.4 Å². The Hall–Kier alpha value is -1.27. The Bertz CT molecular complexity index is 475. The SMILES string of the molecule is CNC1CCCc2nc(-c3cn[nH]n3)sc21. The molecule has 16 heavy (non-hydrogen) atoms. The van der Waals surface area contributed by atoms with Gasteiger partial charge < -0.3 is 5.32 Å². The second-order valence-corrected chi connectivity index (χ2v) is 4.95. The summed E-state index contributed by atoms with van der Waals surface area (Å²) in [6.45, 7) is 0. The number of thiazole rings is 1. The summed E-state index contributed by atoms with van der Waals surface area (Å²) in [6, 6.07) is 0.460. The third kappa shape index (κ3) is 1.54. The number of aromatic amines is 1. The normalized spacial score (nSPS) is 19.7. The summed E-state index contributed by atoms with van der Waals surface area (Å²) in [5.74, 6) is 0. The van der Waals surface area contributed by atoms with Crippen LogP contribution in [0.2, 0.25) is 0 Å². The predicted octanol–water partition coefficient (Wildman–Crippen LogP) is 1.52. The standard InChI is InChI=1S/C10H13N5S/c1-11-6-3-2-4-7-9(6)16-10(13-7)8-5-12-15-14-8/h5-6,11H,2-4H2,1H3,(H,12,14,15). The molecule has 2 N–H and O–H groups in total. The van der Waals surface area contributed by atoms with Crippen molar-refractivity contribution in [2.24, 2.45) is 0 Å². The number of fused-ring (bicyclic) bond motifs is 1.